The fourth-order valence-corrected chi connectivity index (χ4v) is 3.88. The van der Waals surface area contributed by atoms with Crippen molar-refractivity contribution in [2.75, 3.05) is 7.11 Å². The molecule has 1 amide bonds. The van der Waals surface area contributed by atoms with Crippen LogP contribution in [0.1, 0.15) is 37.7 Å². The van der Waals surface area contributed by atoms with Crippen LogP contribution in [0.25, 0.3) is 0 Å². The first-order valence-corrected chi connectivity index (χ1v) is 7.64. The summed E-state index contributed by atoms with van der Waals surface area (Å²) in [6, 6.07) is 7.85. The van der Waals surface area contributed by atoms with E-state index in [4.69, 9.17) is 4.74 Å². The lowest BCUT2D eigenvalue weighted by atomic mass is 9.86. The highest BCUT2D eigenvalue weighted by Gasteiger charge is 2.39. The SMILES string of the molecule is COc1ccc(CNC(=O)C[C@@H]2C[C@H]3CC[C@@H]2C3)cc1. The number of rotatable bonds is 5. The van der Waals surface area contributed by atoms with E-state index in [0.29, 0.717) is 12.5 Å². The van der Waals surface area contributed by atoms with E-state index in [9.17, 15) is 4.79 Å². The Kier molecular flexibility index (Phi) is 3.95. The molecule has 1 aromatic carbocycles. The largest absolute Gasteiger partial charge is 0.497 e. The molecule has 0 aliphatic heterocycles. The molecule has 108 valence electrons. The summed E-state index contributed by atoms with van der Waals surface area (Å²) in [4.78, 5) is 12.0. The van der Waals surface area contributed by atoms with Crippen molar-refractivity contribution in [1.29, 1.82) is 0 Å². The van der Waals surface area contributed by atoms with Crippen molar-refractivity contribution in [3.8, 4) is 5.75 Å². The molecule has 0 saturated heterocycles. The zero-order valence-electron chi connectivity index (χ0n) is 12.1. The number of hydrogen-bond donors (Lipinski definition) is 1. The molecule has 20 heavy (non-hydrogen) atoms. The van der Waals surface area contributed by atoms with Crippen LogP contribution in [0, 0.1) is 17.8 Å². The van der Waals surface area contributed by atoms with Crippen molar-refractivity contribution >= 4 is 5.91 Å². The van der Waals surface area contributed by atoms with Gasteiger partial charge in [-0.1, -0.05) is 18.6 Å². The maximum atomic E-state index is 12.0. The van der Waals surface area contributed by atoms with Crippen LogP contribution in [-0.2, 0) is 11.3 Å². The van der Waals surface area contributed by atoms with E-state index < -0.39 is 0 Å². The number of amides is 1. The average molecular weight is 273 g/mol. The standard InChI is InChI=1S/C17H23NO2/c1-20-16-6-3-12(4-7-16)11-18-17(19)10-15-9-13-2-5-14(15)8-13/h3-4,6-7,13-15H,2,5,8-11H2,1H3,(H,18,19)/t13-,14+,15-/m0/s1. The highest BCUT2D eigenvalue weighted by atomic mass is 16.5. The molecule has 1 N–H and O–H groups in total. The lowest BCUT2D eigenvalue weighted by molar-refractivity contribution is -0.122. The normalized spacial score (nSPS) is 27.6. The Labute approximate surface area is 120 Å². The Morgan fingerprint density at radius 3 is 2.65 bits per heavy atom. The van der Waals surface area contributed by atoms with Gasteiger partial charge in [0.1, 0.15) is 5.75 Å². The second-order valence-corrected chi connectivity index (χ2v) is 6.26. The smallest absolute Gasteiger partial charge is 0.220 e. The lowest BCUT2D eigenvalue weighted by Crippen LogP contribution is -2.26. The van der Waals surface area contributed by atoms with Crippen molar-refractivity contribution in [3.63, 3.8) is 0 Å². The average Bonchev–Trinajstić information content (AvgIpc) is 3.08. The Morgan fingerprint density at radius 2 is 2.05 bits per heavy atom. The molecule has 3 rings (SSSR count). The summed E-state index contributed by atoms with van der Waals surface area (Å²) < 4.78 is 5.12. The highest BCUT2D eigenvalue weighted by molar-refractivity contribution is 5.76. The number of fused-ring (bicyclic) bond motifs is 2. The van der Waals surface area contributed by atoms with Gasteiger partial charge in [0.15, 0.2) is 0 Å². The topological polar surface area (TPSA) is 38.3 Å². The Hall–Kier alpha value is -1.51. The summed E-state index contributed by atoms with van der Waals surface area (Å²) in [7, 11) is 1.66. The third-order valence-corrected chi connectivity index (χ3v) is 4.98. The fraction of sp³-hybridized carbons (Fsp3) is 0.588. The lowest BCUT2D eigenvalue weighted by Gasteiger charge is -2.20. The number of carbonyl (C=O) groups excluding carboxylic acids is 1. The van der Waals surface area contributed by atoms with E-state index in [-0.39, 0.29) is 5.91 Å². The van der Waals surface area contributed by atoms with Crippen LogP contribution in [0.2, 0.25) is 0 Å². The van der Waals surface area contributed by atoms with Crippen molar-refractivity contribution in [1.82, 2.24) is 5.32 Å². The molecule has 1 aromatic rings. The monoisotopic (exact) mass is 273 g/mol. The van der Waals surface area contributed by atoms with E-state index in [2.05, 4.69) is 5.32 Å². The van der Waals surface area contributed by atoms with E-state index in [1.807, 2.05) is 24.3 Å². The Balaban J connectivity index is 1.44. The molecule has 2 aliphatic carbocycles. The zero-order chi connectivity index (χ0) is 13.9. The molecule has 3 atom stereocenters. The molecule has 3 nitrogen and oxygen atoms in total. The van der Waals surface area contributed by atoms with Gasteiger partial charge in [0, 0.05) is 13.0 Å². The Bertz CT molecular complexity index is 468. The number of nitrogens with one attached hydrogen (secondary N) is 1. The van der Waals surface area contributed by atoms with Crippen LogP contribution in [0.5, 0.6) is 5.75 Å². The van der Waals surface area contributed by atoms with Gasteiger partial charge in [-0.3, -0.25) is 4.79 Å². The second-order valence-electron chi connectivity index (χ2n) is 6.26. The molecule has 0 heterocycles. The summed E-state index contributed by atoms with van der Waals surface area (Å²) in [5.41, 5.74) is 1.12. The summed E-state index contributed by atoms with van der Waals surface area (Å²) in [5, 5.41) is 3.04. The zero-order valence-corrected chi connectivity index (χ0v) is 12.1. The van der Waals surface area contributed by atoms with Gasteiger partial charge < -0.3 is 10.1 Å². The van der Waals surface area contributed by atoms with E-state index in [1.165, 1.54) is 25.7 Å². The minimum absolute atomic E-state index is 0.207. The van der Waals surface area contributed by atoms with Crippen molar-refractivity contribution in [2.45, 2.75) is 38.6 Å². The van der Waals surface area contributed by atoms with Gasteiger partial charge in [-0.2, -0.15) is 0 Å². The van der Waals surface area contributed by atoms with Crippen molar-refractivity contribution in [2.24, 2.45) is 17.8 Å². The van der Waals surface area contributed by atoms with Gasteiger partial charge in [-0.25, -0.2) is 0 Å². The molecule has 2 saturated carbocycles. The van der Waals surface area contributed by atoms with Gasteiger partial charge in [0.25, 0.3) is 0 Å². The molecule has 2 fully saturated rings. The molecular formula is C17H23NO2. The molecule has 0 radical (unpaired) electrons. The first kappa shape index (κ1) is 13.5. The van der Waals surface area contributed by atoms with Gasteiger partial charge >= 0.3 is 0 Å². The van der Waals surface area contributed by atoms with Crippen LogP contribution in [0.15, 0.2) is 24.3 Å². The van der Waals surface area contributed by atoms with Crippen LogP contribution in [0.4, 0.5) is 0 Å². The minimum atomic E-state index is 0.207. The van der Waals surface area contributed by atoms with Crippen LogP contribution >= 0.6 is 0 Å². The van der Waals surface area contributed by atoms with Crippen LogP contribution in [-0.4, -0.2) is 13.0 Å². The third kappa shape index (κ3) is 2.97. The minimum Gasteiger partial charge on any atom is -0.497 e. The van der Waals surface area contributed by atoms with Gasteiger partial charge in [0.05, 0.1) is 7.11 Å². The molecule has 2 bridgehead atoms. The molecule has 2 aliphatic rings. The predicted molar refractivity (Wildman–Crippen MR) is 78.4 cm³/mol. The maximum Gasteiger partial charge on any atom is 0.220 e. The number of methoxy groups -OCH3 is 1. The molecule has 0 spiro atoms. The highest BCUT2D eigenvalue weighted by Crippen LogP contribution is 2.49. The number of ether oxygens (including phenoxy) is 1. The summed E-state index contributed by atoms with van der Waals surface area (Å²) in [5.74, 6) is 3.44. The second kappa shape index (κ2) is 5.86. The van der Waals surface area contributed by atoms with Gasteiger partial charge in [-0.05, 0) is 54.7 Å². The van der Waals surface area contributed by atoms with E-state index in [1.54, 1.807) is 7.11 Å². The quantitative estimate of drug-likeness (QED) is 0.895. The summed E-state index contributed by atoms with van der Waals surface area (Å²) >= 11 is 0. The van der Waals surface area contributed by atoms with Crippen molar-refractivity contribution in [3.05, 3.63) is 29.8 Å². The number of carbonyl (C=O) groups is 1. The van der Waals surface area contributed by atoms with Crippen LogP contribution < -0.4 is 10.1 Å². The first-order valence-electron chi connectivity index (χ1n) is 7.64. The van der Waals surface area contributed by atoms with Crippen LogP contribution in [0.3, 0.4) is 0 Å². The molecule has 3 heteroatoms. The van der Waals surface area contributed by atoms with Gasteiger partial charge in [0.2, 0.25) is 5.91 Å². The maximum absolute atomic E-state index is 12.0. The summed E-state index contributed by atoms with van der Waals surface area (Å²) in [6.45, 7) is 0.615. The van der Waals surface area contributed by atoms with E-state index >= 15 is 0 Å². The van der Waals surface area contributed by atoms with Crippen molar-refractivity contribution < 1.29 is 9.53 Å². The predicted octanol–water partition coefficient (Wildman–Crippen LogP) is 3.14. The summed E-state index contributed by atoms with van der Waals surface area (Å²) in [6.07, 6.45) is 6.12. The molecule has 0 aromatic heterocycles. The van der Waals surface area contributed by atoms with E-state index in [0.717, 1.165) is 29.6 Å². The third-order valence-electron chi connectivity index (χ3n) is 4.98. The van der Waals surface area contributed by atoms with Gasteiger partial charge in [-0.15, -0.1) is 0 Å². The molecular weight excluding hydrogens is 250 g/mol. The Morgan fingerprint density at radius 1 is 1.25 bits per heavy atom. The fourth-order valence-electron chi connectivity index (χ4n) is 3.88. The molecule has 0 unspecified atom stereocenters. The number of benzene rings is 1. The number of hydrogen-bond acceptors (Lipinski definition) is 2. The first-order chi connectivity index (χ1) is 9.74.